The van der Waals surface area contributed by atoms with Gasteiger partial charge in [-0.05, 0) is 55.6 Å². The molecule has 2 atom stereocenters. The Bertz CT molecular complexity index is 1410. The predicted octanol–water partition coefficient (Wildman–Crippen LogP) is 4.94. The molecule has 0 aliphatic heterocycles. The van der Waals surface area contributed by atoms with Crippen LogP contribution in [0.5, 0.6) is 0 Å². The molecule has 0 aromatic carbocycles. The Morgan fingerprint density at radius 2 is 1.81 bits per heavy atom. The van der Waals surface area contributed by atoms with E-state index in [0.29, 0.717) is 23.4 Å². The third-order valence-corrected chi connectivity index (χ3v) is 7.80. The molecule has 0 radical (unpaired) electrons. The summed E-state index contributed by atoms with van der Waals surface area (Å²) in [5.74, 6) is -4.28. The van der Waals surface area contributed by atoms with E-state index in [1.165, 1.54) is 17.0 Å². The molecule has 42 heavy (non-hydrogen) atoms. The van der Waals surface area contributed by atoms with Crippen LogP contribution in [0.1, 0.15) is 98.7 Å². The average molecular weight is 597 g/mol. The maximum atomic E-state index is 14.0. The Morgan fingerprint density at radius 1 is 1.10 bits per heavy atom. The second kappa shape index (κ2) is 11.9. The van der Waals surface area contributed by atoms with Crippen molar-refractivity contribution < 1.29 is 31.5 Å². The summed E-state index contributed by atoms with van der Waals surface area (Å²) in [5.41, 5.74) is 1.42. The van der Waals surface area contributed by atoms with Crippen molar-refractivity contribution in [2.75, 3.05) is 0 Å². The van der Waals surface area contributed by atoms with Crippen molar-refractivity contribution in [2.24, 2.45) is 11.8 Å². The lowest BCUT2D eigenvalue weighted by Gasteiger charge is -2.33. The summed E-state index contributed by atoms with van der Waals surface area (Å²) in [6, 6.07) is 0.479. The Kier molecular flexibility index (Phi) is 8.46. The predicted molar refractivity (Wildman–Crippen MR) is 139 cm³/mol. The zero-order valence-electron chi connectivity index (χ0n) is 23.1. The number of fused-ring (bicyclic) bond motifs is 1. The molecule has 3 heterocycles. The lowest BCUT2D eigenvalue weighted by Crippen LogP contribution is -2.37. The summed E-state index contributed by atoms with van der Waals surface area (Å²) < 4.78 is 68.8. The number of hydrogen-bond donors (Lipinski definition) is 2. The van der Waals surface area contributed by atoms with Gasteiger partial charge >= 0.3 is 6.18 Å². The summed E-state index contributed by atoms with van der Waals surface area (Å²) in [5, 5.41) is 14.2. The van der Waals surface area contributed by atoms with E-state index in [9.17, 15) is 31.5 Å². The molecule has 5 rings (SSSR count). The Labute approximate surface area is 238 Å². The number of amides is 2. The van der Waals surface area contributed by atoms with E-state index < -0.39 is 48.8 Å². The van der Waals surface area contributed by atoms with E-state index in [-0.39, 0.29) is 43.3 Å². The van der Waals surface area contributed by atoms with Crippen LogP contribution in [0.15, 0.2) is 24.8 Å². The minimum atomic E-state index is -4.43. The quantitative estimate of drug-likeness (QED) is 0.303. The van der Waals surface area contributed by atoms with Gasteiger partial charge in [-0.15, -0.1) is 5.10 Å². The third-order valence-electron chi connectivity index (χ3n) is 7.80. The van der Waals surface area contributed by atoms with Crippen molar-refractivity contribution in [3.63, 3.8) is 0 Å². The number of hydrogen-bond acceptors (Lipinski definition) is 6. The molecule has 3 aromatic heterocycles. The number of nitrogens with one attached hydrogen (secondary N) is 2. The van der Waals surface area contributed by atoms with Crippen molar-refractivity contribution in [2.45, 2.75) is 95.4 Å². The van der Waals surface area contributed by atoms with Crippen LogP contribution < -0.4 is 10.6 Å². The maximum Gasteiger partial charge on any atom is 0.389 e. The average Bonchev–Trinajstić information content (AvgIpc) is 3.50. The van der Waals surface area contributed by atoms with Gasteiger partial charge in [-0.2, -0.15) is 18.3 Å². The molecule has 3 aromatic rings. The summed E-state index contributed by atoms with van der Waals surface area (Å²) in [4.78, 5) is 34.1. The SMILES string of the molecule is CCCn1cnc(C(=O)N[C@H](c2cn3ncc([C@H](NC(=O)CCC(F)(F)F)C4CC4)cc3n2)C2CCC(F)(F)CC2)n1. The zero-order valence-corrected chi connectivity index (χ0v) is 23.1. The summed E-state index contributed by atoms with van der Waals surface area (Å²) in [6.07, 6.45) is 0.501. The second-order valence-corrected chi connectivity index (χ2v) is 11.2. The highest BCUT2D eigenvalue weighted by atomic mass is 19.4. The number of aromatic nitrogens is 6. The third kappa shape index (κ3) is 7.40. The fraction of sp³-hybridized carbons (Fsp3) is 0.630. The van der Waals surface area contributed by atoms with Crippen LogP contribution in [-0.2, 0) is 11.3 Å². The molecule has 0 unspecified atom stereocenters. The van der Waals surface area contributed by atoms with Gasteiger partial charge < -0.3 is 10.6 Å². The first-order chi connectivity index (χ1) is 19.9. The number of alkyl halides is 5. The molecule has 2 saturated carbocycles. The second-order valence-electron chi connectivity index (χ2n) is 11.2. The Hall–Kier alpha value is -3.65. The van der Waals surface area contributed by atoms with E-state index in [1.54, 1.807) is 16.9 Å². The highest BCUT2D eigenvalue weighted by molar-refractivity contribution is 5.90. The minimum Gasteiger partial charge on any atom is -0.349 e. The fourth-order valence-electron chi connectivity index (χ4n) is 5.40. The van der Waals surface area contributed by atoms with Crippen LogP contribution in [0.4, 0.5) is 22.0 Å². The number of aryl methyl sites for hydroxylation is 1. The normalized spacial score (nSPS) is 19.0. The first kappa shape index (κ1) is 29.8. The van der Waals surface area contributed by atoms with Crippen LogP contribution in [0.3, 0.4) is 0 Å². The maximum absolute atomic E-state index is 14.0. The number of halogens is 5. The molecule has 0 saturated heterocycles. The van der Waals surface area contributed by atoms with E-state index >= 15 is 0 Å². The van der Waals surface area contributed by atoms with Gasteiger partial charge in [-0.3, -0.25) is 14.3 Å². The zero-order chi connectivity index (χ0) is 30.1. The number of rotatable bonds is 11. The molecule has 0 bridgehead atoms. The number of nitrogens with zero attached hydrogens (tertiary/aromatic N) is 6. The Balaban J connectivity index is 1.38. The van der Waals surface area contributed by atoms with E-state index in [2.05, 4.69) is 30.8 Å². The van der Waals surface area contributed by atoms with Crippen LogP contribution in [0.25, 0.3) is 5.65 Å². The first-order valence-electron chi connectivity index (χ1n) is 14.2. The number of carbonyl (C=O) groups excluding carboxylic acids is 2. The van der Waals surface area contributed by atoms with Gasteiger partial charge in [0, 0.05) is 25.8 Å². The smallest absolute Gasteiger partial charge is 0.349 e. The van der Waals surface area contributed by atoms with Crippen molar-refractivity contribution in [3.05, 3.63) is 41.9 Å². The molecule has 2 N–H and O–H groups in total. The topological polar surface area (TPSA) is 119 Å². The fourth-order valence-corrected chi connectivity index (χ4v) is 5.40. The summed E-state index contributed by atoms with van der Waals surface area (Å²) in [6.45, 7) is 2.56. The van der Waals surface area contributed by atoms with Crippen molar-refractivity contribution in [1.82, 2.24) is 40.0 Å². The Morgan fingerprint density at radius 3 is 2.48 bits per heavy atom. The standard InChI is InChI=1S/C27H33F5N8O2/c1-2-11-39-15-33-24(38-39)25(42)37-23(17-5-8-26(28,29)9-6-17)19-14-40-20(35-19)12-18(13-34-40)22(16-3-4-16)36-21(41)7-10-27(30,31)32/h12-17,22-23H,2-11H2,1H3,(H,36,41)(H,37,42)/t22-,23+/m1/s1. The van der Waals surface area contributed by atoms with Crippen LogP contribution >= 0.6 is 0 Å². The minimum absolute atomic E-state index is 0.0349. The molecule has 2 aliphatic carbocycles. The van der Waals surface area contributed by atoms with Crippen molar-refractivity contribution in [3.8, 4) is 0 Å². The summed E-state index contributed by atoms with van der Waals surface area (Å²) >= 11 is 0. The van der Waals surface area contributed by atoms with Gasteiger partial charge in [-0.1, -0.05) is 6.92 Å². The molecular formula is C27H33F5N8O2. The monoisotopic (exact) mass is 596 g/mol. The van der Waals surface area contributed by atoms with Crippen molar-refractivity contribution >= 4 is 17.5 Å². The van der Waals surface area contributed by atoms with Crippen LogP contribution in [-0.4, -0.2) is 53.3 Å². The molecule has 2 fully saturated rings. The van der Waals surface area contributed by atoms with Gasteiger partial charge in [0.25, 0.3) is 5.91 Å². The lowest BCUT2D eigenvalue weighted by molar-refractivity contribution is -0.144. The molecule has 0 spiro atoms. The molecule has 10 nitrogen and oxygen atoms in total. The molecule has 2 aliphatic rings. The van der Waals surface area contributed by atoms with Gasteiger partial charge in [0.2, 0.25) is 17.7 Å². The van der Waals surface area contributed by atoms with Crippen LogP contribution in [0, 0.1) is 11.8 Å². The van der Waals surface area contributed by atoms with Gasteiger partial charge in [0.1, 0.15) is 6.33 Å². The molecule has 15 heteroatoms. The largest absolute Gasteiger partial charge is 0.389 e. The first-order valence-corrected chi connectivity index (χ1v) is 14.2. The molecular weight excluding hydrogens is 563 g/mol. The summed E-state index contributed by atoms with van der Waals surface area (Å²) in [7, 11) is 0. The number of imidazole rings is 1. The van der Waals surface area contributed by atoms with Gasteiger partial charge in [0.05, 0.1) is 36.6 Å². The molecule has 2 amide bonds. The lowest BCUT2D eigenvalue weighted by atomic mass is 9.81. The van der Waals surface area contributed by atoms with Gasteiger partial charge in [-0.25, -0.2) is 23.3 Å². The van der Waals surface area contributed by atoms with E-state index in [1.807, 2.05) is 6.92 Å². The van der Waals surface area contributed by atoms with Gasteiger partial charge in [0.15, 0.2) is 5.65 Å². The highest BCUT2D eigenvalue weighted by Crippen LogP contribution is 2.43. The van der Waals surface area contributed by atoms with Crippen LogP contribution in [0.2, 0.25) is 0 Å². The molecule has 228 valence electrons. The highest BCUT2D eigenvalue weighted by Gasteiger charge is 2.40. The van der Waals surface area contributed by atoms with E-state index in [0.717, 1.165) is 19.3 Å². The van der Waals surface area contributed by atoms with E-state index in [4.69, 9.17) is 0 Å². The number of carbonyl (C=O) groups is 2. The van der Waals surface area contributed by atoms with Crippen molar-refractivity contribution in [1.29, 1.82) is 0 Å².